The van der Waals surface area contributed by atoms with Crippen molar-refractivity contribution in [3.63, 3.8) is 0 Å². The van der Waals surface area contributed by atoms with Crippen molar-refractivity contribution in [3.05, 3.63) is 29.8 Å². The number of sulfonamides is 1. The van der Waals surface area contributed by atoms with Crippen LogP contribution in [-0.2, 0) is 21.0 Å². The number of rotatable bonds is 6. The Balaban J connectivity index is 2.21. The summed E-state index contributed by atoms with van der Waals surface area (Å²) >= 11 is 0. The number of carbonyl (C=O) groups excluding carboxylic acids is 1. The van der Waals surface area contributed by atoms with E-state index in [4.69, 9.17) is 4.74 Å². The number of ether oxygens (including phenoxy) is 1. The van der Waals surface area contributed by atoms with Crippen molar-refractivity contribution in [1.29, 1.82) is 0 Å². The van der Waals surface area contributed by atoms with Gasteiger partial charge in [0.25, 0.3) is 0 Å². The Kier molecular flexibility index (Phi) is 6.17. The van der Waals surface area contributed by atoms with Crippen LogP contribution in [0.25, 0.3) is 0 Å². The lowest BCUT2D eigenvalue weighted by atomic mass is 10.0. The molecule has 1 aliphatic rings. The Morgan fingerprint density at radius 2 is 1.96 bits per heavy atom. The zero-order valence-electron chi connectivity index (χ0n) is 14.4. The van der Waals surface area contributed by atoms with Crippen molar-refractivity contribution in [2.24, 2.45) is 5.92 Å². The number of alkyl halides is 3. The highest BCUT2D eigenvalue weighted by atomic mass is 32.2. The van der Waals surface area contributed by atoms with Gasteiger partial charge in [-0.3, -0.25) is 4.79 Å². The third-order valence-electron chi connectivity index (χ3n) is 4.19. The second-order valence-corrected chi connectivity index (χ2v) is 8.15. The van der Waals surface area contributed by atoms with Gasteiger partial charge >= 0.3 is 6.18 Å². The van der Waals surface area contributed by atoms with Gasteiger partial charge in [0, 0.05) is 19.4 Å². The minimum Gasteiger partial charge on any atom is -0.488 e. The first-order valence-corrected chi connectivity index (χ1v) is 9.86. The minimum atomic E-state index is -4.45. The predicted molar refractivity (Wildman–Crippen MR) is 89.1 cm³/mol. The molecule has 1 aliphatic heterocycles. The standard InChI is InChI=1S/C16H21F3N2O4S/c1-11(22)21(26(2,23)24)10-15(12-7-8-20-9-12)25-14-5-3-13(4-6-14)16(17,18)19/h3-6,12,15,20H,7-10H2,1-2H3/t12-,15+/m0/s1. The number of nitrogens with zero attached hydrogens (tertiary/aromatic N) is 1. The molecule has 146 valence electrons. The SMILES string of the molecule is CC(=O)N(C[C@@H](Oc1ccc(C(F)(F)F)cc1)[C@H]1CCNC1)S(C)(=O)=O. The fourth-order valence-corrected chi connectivity index (χ4v) is 3.72. The van der Waals surface area contributed by atoms with Crippen molar-refractivity contribution >= 4 is 15.9 Å². The number of nitrogens with one attached hydrogen (secondary N) is 1. The molecule has 1 N–H and O–H groups in total. The lowest BCUT2D eigenvalue weighted by molar-refractivity contribution is -0.137. The van der Waals surface area contributed by atoms with Crippen molar-refractivity contribution in [2.45, 2.75) is 25.6 Å². The molecule has 0 saturated carbocycles. The molecule has 1 heterocycles. The van der Waals surface area contributed by atoms with E-state index in [1.165, 1.54) is 12.1 Å². The zero-order chi connectivity index (χ0) is 19.5. The summed E-state index contributed by atoms with van der Waals surface area (Å²) in [5.41, 5.74) is -0.801. The number of benzene rings is 1. The van der Waals surface area contributed by atoms with Crippen LogP contribution in [0.3, 0.4) is 0 Å². The van der Waals surface area contributed by atoms with Gasteiger partial charge in [0.05, 0.1) is 18.4 Å². The summed E-state index contributed by atoms with van der Waals surface area (Å²) in [6.45, 7) is 2.24. The summed E-state index contributed by atoms with van der Waals surface area (Å²) in [6.07, 6.45) is -3.48. The summed E-state index contributed by atoms with van der Waals surface area (Å²) in [4.78, 5) is 11.7. The van der Waals surface area contributed by atoms with Crippen molar-refractivity contribution in [1.82, 2.24) is 9.62 Å². The Labute approximate surface area is 150 Å². The average Bonchev–Trinajstić information content (AvgIpc) is 3.03. The van der Waals surface area contributed by atoms with Gasteiger partial charge in [-0.15, -0.1) is 0 Å². The molecule has 2 rings (SSSR count). The van der Waals surface area contributed by atoms with E-state index in [9.17, 15) is 26.4 Å². The summed E-state index contributed by atoms with van der Waals surface area (Å²) in [5.74, 6) is -0.521. The molecule has 6 nitrogen and oxygen atoms in total. The number of amides is 1. The second kappa shape index (κ2) is 7.83. The average molecular weight is 394 g/mol. The quantitative estimate of drug-likeness (QED) is 0.797. The fraction of sp³-hybridized carbons (Fsp3) is 0.562. The third-order valence-corrected chi connectivity index (χ3v) is 5.40. The largest absolute Gasteiger partial charge is 0.488 e. The highest BCUT2D eigenvalue weighted by Crippen LogP contribution is 2.31. The van der Waals surface area contributed by atoms with Crippen LogP contribution in [0.5, 0.6) is 5.75 Å². The molecule has 0 spiro atoms. The van der Waals surface area contributed by atoms with E-state index in [-0.39, 0.29) is 18.2 Å². The molecule has 1 fully saturated rings. The van der Waals surface area contributed by atoms with Crippen molar-refractivity contribution < 1.29 is 31.1 Å². The van der Waals surface area contributed by atoms with Gasteiger partial charge in [0.1, 0.15) is 11.9 Å². The third kappa shape index (κ3) is 5.34. The Morgan fingerprint density at radius 3 is 2.38 bits per heavy atom. The van der Waals surface area contributed by atoms with Gasteiger partial charge in [0.2, 0.25) is 15.9 Å². The highest BCUT2D eigenvalue weighted by Gasteiger charge is 2.33. The van der Waals surface area contributed by atoms with Gasteiger partial charge in [-0.05, 0) is 37.2 Å². The molecule has 26 heavy (non-hydrogen) atoms. The van der Waals surface area contributed by atoms with Crippen molar-refractivity contribution in [2.75, 3.05) is 25.9 Å². The van der Waals surface area contributed by atoms with E-state index in [0.717, 1.165) is 36.2 Å². The fourth-order valence-electron chi connectivity index (χ4n) is 2.84. The lowest BCUT2D eigenvalue weighted by Crippen LogP contribution is -2.45. The zero-order valence-corrected chi connectivity index (χ0v) is 15.2. The normalized spacial score (nSPS) is 19.2. The Morgan fingerprint density at radius 1 is 1.35 bits per heavy atom. The molecule has 2 atom stereocenters. The molecule has 1 aromatic carbocycles. The smallest absolute Gasteiger partial charge is 0.416 e. The first kappa shape index (κ1) is 20.5. The van der Waals surface area contributed by atoms with E-state index in [2.05, 4.69) is 5.32 Å². The van der Waals surface area contributed by atoms with Crippen LogP contribution < -0.4 is 10.1 Å². The molecule has 0 aliphatic carbocycles. The summed E-state index contributed by atoms with van der Waals surface area (Å²) in [5, 5.41) is 3.13. The van der Waals surface area contributed by atoms with Crippen LogP contribution in [0.4, 0.5) is 13.2 Å². The molecule has 1 amide bonds. The first-order valence-electron chi connectivity index (χ1n) is 8.01. The molecule has 0 aromatic heterocycles. The van der Waals surface area contributed by atoms with E-state index >= 15 is 0 Å². The highest BCUT2D eigenvalue weighted by molar-refractivity contribution is 7.88. The summed E-state index contributed by atoms with van der Waals surface area (Å²) in [6, 6.07) is 4.19. The van der Waals surface area contributed by atoms with Crippen LogP contribution >= 0.6 is 0 Å². The number of hydrogen-bond acceptors (Lipinski definition) is 5. The summed E-state index contributed by atoms with van der Waals surface area (Å²) < 4.78 is 68.2. The van der Waals surface area contributed by atoms with Crippen LogP contribution in [0.1, 0.15) is 18.9 Å². The molecular formula is C16H21F3N2O4S. The van der Waals surface area contributed by atoms with Crippen LogP contribution in [-0.4, -0.2) is 50.6 Å². The summed E-state index contributed by atoms with van der Waals surface area (Å²) in [7, 11) is -3.77. The molecule has 1 saturated heterocycles. The molecule has 0 unspecified atom stereocenters. The van der Waals surface area contributed by atoms with Gasteiger partial charge in [-0.2, -0.15) is 13.2 Å². The van der Waals surface area contributed by atoms with Crippen LogP contribution in [0.2, 0.25) is 0 Å². The monoisotopic (exact) mass is 394 g/mol. The number of halogens is 3. The first-order chi connectivity index (χ1) is 12.0. The van der Waals surface area contributed by atoms with E-state index in [1.54, 1.807) is 0 Å². The second-order valence-electron chi connectivity index (χ2n) is 6.24. The van der Waals surface area contributed by atoms with Gasteiger partial charge in [-0.25, -0.2) is 12.7 Å². The van der Waals surface area contributed by atoms with Crippen LogP contribution in [0.15, 0.2) is 24.3 Å². The predicted octanol–water partition coefficient (Wildman–Crippen LogP) is 1.87. The molecule has 1 aromatic rings. The number of carbonyl (C=O) groups is 1. The molecular weight excluding hydrogens is 373 g/mol. The van der Waals surface area contributed by atoms with E-state index < -0.39 is 33.8 Å². The topological polar surface area (TPSA) is 75.7 Å². The maximum atomic E-state index is 12.7. The van der Waals surface area contributed by atoms with Gasteiger partial charge < -0.3 is 10.1 Å². The Hall–Kier alpha value is -1.81. The maximum absolute atomic E-state index is 12.7. The molecule has 10 heteroatoms. The molecule has 0 bridgehead atoms. The lowest BCUT2D eigenvalue weighted by Gasteiger charge is -2.29. The van der Waals surface area contributed by atoms with E-state index in [0.29, 0.717) is 13.0 Å². The van der Waals surface area contributed by atoms with Crippen molar-refractivity contribution in [3.8, 4) is 5.75 Å². The Bertz CT molecular complexity index is 729. The van der Waals surface area contributed by atoms with E-state index in [1.807, 2.05) is 0 Å². The van der Waals surface area contributed by atoms with Gasteiger partial charge in [0.15, 0.2) is 0 Å². The van der Waals surface area contributed by atoms with Crippen LogP contribution in [0, 0.1) is 5.92 Å². The van der Waals surface area contributed by atoms with Gasteiger partial charge in [-0.1, -0.05) is 0 Å². The molecule has 0 radical (unpaired) electrons. The number of hydrogen-bond donors (Lipinski definition) is 1. The maximum Gasteiger partial charge on any atom is 0.416 e. The minimum absolute atomic E-state index is 0.0686.